The van der Waals surface area contributed by atoms with Gasteiger partial charge in [-0.15, -0.1) is 0 Å². The Bertz CT molecular complexity index is 305. The summed E-state index contributed by atoms with van der Waals surface area (Å²) in [6, 6.07) is 7.97. The maximum Gasteiger partial charge on any atom is 0.0938 e. The first-order valence-corrected chi connectivity index (χ1v) is 6.67. The highest BCUT2D eigenvalue weighted by atomic mass is 16.3. The average Bonchev–Trinajstić information content (AvgIpc) is 2.34. The first-order chi connectivity index (χ1) is 8.15. The van der Waals surface area contributed by atoms with E-state index >= 15 is 0 Å². The van der Waals surface area contributed by atoms with Crippen molar-refractivity contribution in [3.05, 3.63) is 35.4 Å². The summed E-state index contributed by atoms with van der Waals surface area (Å²) >= 11 is 0. The van der Waals surface area contributed by atoms with Gasteiger partial charge in [0.2, 0.25) is 0 Å². The Morgan fingerprint density at radius 1 is 1.12 bits per heavy atom. The van der Waals surface area contributed by atoms with Crippen LogP contribution in [0.25, 0.3) is 0 Å². The number of aliphatic hydroxyl groups excluding tert-OH is 1. The van der Waals surface area contributed by atoms with E-state index in [1.165, 1.54) is 31.2 Å². The molecular formula is C15H25NO. The van der Waals surface area contributed by atoms with Gasteiger partial charge in [-0.1, -0.05) is 50.5 Å². The van der Waals surface area contributed by atoms with Gasteiger partial charge in [-0.3, -0.25) is 0 Å². The Balaban J connectivity index is 2.44. The third-order valence-corrected chi connectivity index (χ3v) is 3.14. The van der Waals surface area contributed by atoms with Crippen molar-refractivity contribution in [2.24, 2.45) is 5.73 Å². The largest absolute Gasteiger partial charge is 0.387 e. The van der Waals surface area contributed by atoms with Crippen molar-refractivity contribution in [2.45, 2.75) is 58.1 Å². The molecule has 0 bridgehead atoms. The van der Waals surface area contributed by atoms with Gasteiger partial charge in [-0.2, -0.15) is 0 Å². The molecule has 1 rings (SSSR count). The first-order valence-electron chi connectivity index (χ1n) is 6.67. The second kappa shape index (κ2) is 7.46. The highest BCUT2D eigenvalue weighted by molar-refractivity contribution is 5.25. The molecule has 0 aromatic heterocycles. The van der Waals surface area contributed by atoms with Crippen LogP contribution in [0.15, 0.2) is 24.3 Å². The van der Waals surface area contributed by atoms with Gasteiger partial charge < -0.3 is 10.8 Å². The van der Waals surface area contributed by atoms with Gasteiger partial charge in [-0.05, 0) is 30.9 Å². The molecule has 0 aliphatic rings. The van der Waals surface area contributed by atoms with Crippen molar-refractivity contribution in [1.82, 2.24) is 0 Å². The summed E-state index contributed by atoms with van der Waals surface area (Å²) in [5, 5.41) is 9.81. The van der Waals surface area contributed by atoms with E-state index in [2.05, 4.69) is 19.1 Å². The molecule has 1 aromatic carbocycles. The third kappa shape index (κ3) is 4.88. The molecule has 2 heteroatoms. The van der Waals surface area contributed by atoms with Crippen LogP contribution in [0.4, 0.5) is 0 Å². The number of benzene rings is 1. The molecule has 1 aromatic rings. The molecule has 0 heterocycles. The topological polar surface area (TPSA) is 46.2 Å². The highest BCUT2D eigenvalue weighted by Crippen LogP contribution is 2.17. The number of hydrogen-bond acceptors (Lipinski definition) is 2. The Hall–Kier alpha value is -0.860. The van der Waals surface area contributed by atoms with Crippen LogP contribution in [0.3, 0.4) is 0 Å². The van der Waals surface area contributed by atoms with E-state index in [0.29, 0.717) is 0 Å². The molecule has 17 heavy (non-hydrogen) atoms. The van der Waals surface area contributed by atoms with Crippen LogP contribution in [0.2, 0.25) is 0 Å². The number of hydrogen-bond donors (Lipinski definition) is 2. The van der Waals surface area contributed by atoms with Crippen molar-refractivity contribution in [3.8, 4) is 0 Å². The van der Waals surface area contributed by atoms with Gasteiger partial charge in [0.15, 0.2) is 0 Å². The zero-order valence-corrected chi connectivity index (χ0v) is 11.0. The van der Waals surface area contributed by atoms with Crippen LogP contribution in [0, 0.1) is 0 Å². The van der Waals surface area contributed by atoms with E-state index in [9.17, 15) is 5.11 Å². The van der Waals surface area contributed by atoms with Crippen molar-refractivity contribution >= 4 is 0 Å². The molecule has 2 unspecified atom stereocenters. The zero-order chi connectivity index (χ0) is 12.7. The van der Waals surface area contributed by atoms with Gasteiger partial charge in [0.05, 0.1) is 6.10 Å². The van der Waals surface area contributed by atoms with Crippen LogP contribution in [-0.2, 0) is 6.42 Å². The molecule has 2 nitrogen and oxygen atoms in total. The smallest absolute Gasteiger partial charge is 0.0938 e. The molecule has 0 fully saturated rings. The van der Waals surface area contributed by atoms with E-state index in [1.807, 2.05) is 19.1 Å². The lowest BCUT2D eigenvalue weighted by molar-refractivity contribution is 0.153. The summed E-state index contributed by atoms with van der Waals surface area (Å²) in [6.45, 7) is 4.05. The summed E-state index contributed by atoms with van der Waals surface area (Å²) in [7, 11) is 0. The SMILES string of the molecule is CCCCCCc1ccc(C(O)C(C)N)cc1. The average molecular weight is 235 g/mol. The van der Waals surface area contributed by atoms with Crippen LogP contribution in [0.5, 0.6) is 0 Å². The molecule has 0 amide bonds. The second-order valence-corrected chi connectivity index (χ2v) is 4.86. The van der Waals surface area contributed by atoms with Gasteiger partial charge >= 0.3 is 0 Å². The van der Waals surface area contributed by atoms with E-state index in [0.717, 1.165) is 12.0 Å². The van der Waals surface area contributed by atoms with Gasteiger partial charge in [0, 0.05) is 6.04 Å². The quantitative estimate of drug-likeness (QED) is 0.713. The molecule has 0 aliphatic carbocycles. The fourth-order valence-electron chi connectivity index (χ4n) is 1.94. The summed E-state index contributed by atoms with van der Waals surface area (Å²) in [4.78, 5) is 0. The minimum Gasteiger partial charge on any atom is -0.387 e. The minimum atomic E-state index is -0.552. The predicted molar refractivity (Wildman–Crippen MR) is 72.9 cm³/mol. The molecule has 2 atom stereocenters. The van der Waals surface area contributed by atoms with Gasteiger partial charge in [0.1, 0.15) is 0 Å². The maximum atomic E-state index is 9.81. The summed E-state index contributed by atoms with van der Waals surface area (Å²) < 4.78 is 0. The second-order valence-electron chi connectivity index (χ2n) is 4.86. The molecular weight excluding hydrogens is 210 g/mol. The van der Waals surface area contributed by atoms with Crippen LogP contribution in [-0.4, -0.2) is 11.1 Å². The molecule has 0 aliphatic heterocycles. The van der Waals surface area contributed by atoms with E-state index < -0.39 is 6.10 Å². The van der Waals surface area contributed by atoms with Crippen molar-refractivity contribution in [1.29, 1.82) is 0 Å². The molecule has 0 radical (unpaired) electrons. The number of aliphatic hydroxyl groups is 1. The fraction of sp³-hybridized carbons (Fsp3) is 0.600. The number of nitrogens with two attached hydrogens (primary N) is 1. The lowest BCUT2D eigenvalue weighted by Gasteiger charge is -2.15. The number of rotatable bonds is 7. The Morgan fingerprint density at radius 3 is 2.29 bits per heavy atom. The molecule has 0 saturated heterocycles. The van der Waals surface area contributed by atoms with E-state index in [-0.39, 0.29) is 6.04 Å². The lowest BCUT2D eigenvalue weighted by atomic mass is 10.0. The Kier molecular flexibility index (Phi) is 6.23. The van der Waals surface area contributed by atoms with Crippen molar-refractivity contribution < 1.29 is 5.11 Å². The van der Waals surface area contributed by atoms with Crippen LogP contribution >= 0.6 is 0 Å². The normalized spacial score (nSPS) is 14.6. The van der Waals surface area contributed by atoms with Gasteiger partial charge in [0.25, 0.3) is 0 Å². The summed E-state index contributed by atoms with van der Waals surface area (Å²) in [6.07, 6.45) is 5.74. The first kappa shape index (κ1) is 14.2. The number of unbranched alkanes of at least 4 members (excludes halogenated alkanes) is 3. The fourth-order valence-corrected chi connectivity index (χ4v) is 1.94. The predicted octanol–water partition coefficient (Wildman–Crippen LogP) is 3.19. The molecule has 0 saturated carbocycles. The monoisotopic (exact) mass is 235 g/mol. The zero-order valence-electron chi connectivity index (χ0n) is 11.0. The standard InChI is InChI=1S/C15H25NO/c1-3-4-5-6-7-13-8-10-14(11-9-13)15(17)12(2)16/h8-12,15,17H,3-7,16H2,1-2H3. The number of aryl methyl sites for hydroxylation is 1. The lowest BCUT2D eigenvalue weighted by Crippen LogP contribution is -2.24. The van der Waals surface area contributed by atoms with Crippen LogP contribution in [0.1, 0.15) is 56.8 Å². The molecule has 3 N–H and O–H groups in total. The molecule has 0 spiro atoms. The van der Waals surface area contributed by atoms with Crippen molar-refractivity contribution in [3.63, 3.8) is 0 Å². The van der Waals surface area contributed by atoms with Gasteiger partial charge in [-0.25, -0.2) is 0 Å². The van der Waals surface area contributed by atoms with E-state index in [1.54, 1.807) is 0 Å². The minimum absolute atomic E-state index is 0.217. The Labute approximate surface area is 105 Å². The van der Waals surface area contributed by atoms with Crippen LogP contribution < -0.4 is 5.73 Å². The molecule has 96 valence electrons. The van der Waals surface area contributed by atoms with Crippen molar-refractivity contribution in [2.75, 3.05) is 0 Å². The maximum absolute atomic E-state index is 9.81. The third-order valence-electron chi connectivity index (χ3n) is 3.14. The Morgan fingerprint density at radius 2 is 1.76 bits per heavy atom. The van der Waals surface area contributed by atoms with E-state index in [4.69, 9.17) is 5.73 Å². The highest BCUT2D eigenvalue weighted by Gasteiger charge is 2.11. The summed E-state index contributed by atoms with van der Waals surface area (Å²) in [5.74, 6) is 0. The summed E-state index contributed by atoms with van der Waals surface area (Å²) in [5.41, 5.74) is 7.93.